The molecule has 0 bridgehead atoms. The SMILES string of the molecule is COc1ccc(C(N)COc2cccc(C)c2)cc1OC. The molecule has 1 unspecified atom stereocenters. The van der Waals surface area contributed by atoms with E-state index in [9.17, 15) is 0 Å². The maximum atomic E-state index is 6.17. The highest BCUT2D eigenvalue weighted by Crippen LogP contribution is 2.29. The van der Waals surface area contributed by atoms with Crippen molar-refractivity contribution < 1.29 is 14.2 Å². The van der Waals surface area contributed by atoms with Gasteiger partial charge < -0.3 is 19.9 Å². The quantitative estimate of drug-likeness (QED) is 0.887. The van der Waals surface area contributed by atoms with E-state index in [2.05, 4.69) is 0 Å². The van der Waals surface area contributed by atoms with E-state index in [1.165, 1.54) is 0 Å². The Hall–Kier alpha value is -2.20. The summed E-state index contributed by atoms with van der Waals surface area (Å²) >= 11 is 0. The lowest BCUT2D eigenvalue weighted by molar-refractivity contribution is 0.289. The molecule has 0 radical (unpaired) electrons. The van der Waals surface area contributed by atoms with Crippen LogP contribution in [-0.4, -0.2) is 20.8 Å². The van der Waals surface area contributed by atoms with Crippen LogP contribution in [0.15, 0.2) is 42.5 Å². The molecular weight excluding hydrogens is 266 g/mol. The molecular formula is C17H21NO3. The molecule has 21 heavy (non-hydrogen) atoms. The fraction of sp³-hybridized carbons (Fsp3) is 0.294. The van der Waals surface area contributed by atoms with Crippen LogP contribution in [0, 0.1) is 6.92 Å². The van der Waals surface area contributed by atoms with Crippen molar-refractivity contribution in [1.82, 2.24) is 0 Å². The summed E-state index contributed by atoms with van der Waals surface area (Å²) in [7, 11) is 3.22. The highest BCUT2D eigenvalue weighted by Gasteiger charge is 2.11. The van der Waals surface area contributed by atoms with E-state index in [4.69, 9.17) is 19.9 Å². The predicted molar refractivity (Wildman–Crippen MR) is 83.1 cm³/mol. The molecule has 0 aliphatic carbocycles. The van der Waals surface area contributed by atoms with Crippen LogP contribution in [0.1, 0.15) is 17.2 Å². The number of ether oxygens (including phenoxy) is 3. The van der Waals surface area contributed by atoms with Crippen LogP contribution < -0.4 is 19.9 Å². The van der Waals surface area contributed by atoms with Gasteiger partial charge in [0.15, 0.2) is 11.5 Å². The van der Waals surface area contributed by atoms with Crippen molar-refractivity contribution >= 4 is 0 Å². The molecule has 2 N–H and O–H groups in total. The lowest BCUT2D eigenvalue weighted by Crippen LogP contribution is -2.19. The fourth-order valence-electron chi connectivity index (χ4n) is 2.07. The summed E-state index contributed by atoms with van der Waals surface area (Å²) in [4.78, 5) is 0. The van der Waals surface area contributed by atoms with Gasteiger partial charge in [-0.3, -0.25) is 0 Å². The van der Waals surface area contributed by atoms with Crippen molar-refractivity contribution in [3.05, 3.63) is 53.6 Å². The number of benzene rings is 2. The first-order valence-corrected chi connectivity index (χ1v) is 6.81. The largest absolute Gasteiger partial charge is 0.493 e. The van der Waals surface area contributed by atoms with Crippen molar-refractivity contribution in [3.63, 3.8) is 0 Å². The zero-order valence-electron chi connectivity index (χ0n) is 12.6. The summed E-state index contributed by atoms with van der Waals surface area (Å²) in [6.45, 7) is 2.43. The van der Waals surface area contributed by atoms with Crippen LogP contribution in [0.4, 0.5) is 0 Å². The van der Waals surface area contributed by atoms with Gasteiger partial charge in [-0.05, 0) is 42.3 Å². The third-order valence-corrected chi connectivity index (χ3v) is 3.25. The van der Waals surface area contributed by atoms with Crippen LogP contribution in [-0.2, 0) is 0 Å². The highest BCUT2D eigenvalue weighted by molar-refractivity contribution is 5.43. The van der Waals surface area contributed by atoms with Gasteiger partial charge in [-0.2, -0.15) is 0 Å². The van der Waals surface area contributed by atoms with Crippen LogP contribution in [0.5, 0.6) is 17.2 Å². The van der Waals surface area contributed by atoms with E-state index in [0.717, 1.165) is 16.9 Å². The van der Waals surface area contributed by atoms with Crippen LogP contribution in [0.2, 0.25) is 0 Å². The van der Waals surface area contributed by atoms with Crippen molar-refractivity contribution in [2.24, 2.45) is 5.73 Å². The molecule has 0 saturated heterocycles. The molecule has 2 aromatic rings. The standard InChI is InChI=1S/C17H21NO3/c1-12-5-4-6-14(9-12)21-11-15(18)13-7-8-16(19-2)17(10-13)20-3/h4-10,15H,11,18H2,1-3H3. The Morgan fingerprint density at radius 3 is 2.43 bits per heavy atom. The fourth-order valence-corrected chi connectivity index (χ4v) is 2.07. The number of methoxy groups -OCH3 is 2. The summed E-state index contributed by atoms with van der Waals surface area (Å²) < 4.78 is 16.2. The van der Waals surface area contributed by atoms with Crippen molar-refractivity contribution in [2.75, 3.05) is 20.8 Å². The Labute approximate surface area is 125 Å². The molecule has 0 fully saturated rings. The van der Waals surface area contributed by atoms with Crippen molar-refractivity contribution in [1.29, 1.82) is 0 Å². The van der Waals surface area contributed by atoms with Gasteiger partial charge in [0.25, 0.3) is 0 Å². The topological polar surface area (TPSA) is 53.7 Å². The van der Waals surface area contributed by atoms with Gasteiger partial charge >= 0.3 is 0 Å². The molecule has 4 heteroatoms. The first-order chi connectivity index (χ1) is 10.1. The number of rotatable bonds is 6. The molecule has 2 aromatic carbocycles. The minimum absolute atomic E-state index is 0.231. The molecule has 0 heterocycles. The van der Waals surface area contributed by atoms with E-state index < -0.39 is 0 Å². The number of nitrogens with two attached hydrogens (primary N) is 1. The van der Waals surface area contributed by atoms with Gasteiger partial charge in [0.2, 0.25) is 0 Å². The molecule has 4 nitrogen and oxygen atoms in total. The second-order valence-corrected chi connectivity index (χ2v) is 4.85. The molecule has 2 rings (SSSR count). The molecule has 0 amide bonds. The Bertz CT molecular complexity index is 598. The number of hydrogen-bond donors (Lipinski definition) is 1. The Balaban J connectivity index is 2.04. The van der Waals surface area contributed by atoms with Gasteiger partial charge in [0.1, 0.15) is 12.4 Å². The van der Waals surface area contributed by atoms with Gasteiger partial charge in [-0.1, -0.05) is 18.2 Å². The Morgan fingerprint density at radius 1 is 1.00 bits per heavy atom. The van der Waals surface area contributed by atoms with E-state index in [-0.39, 0.29) is 6.04 Å². The maximum absolute atomic E-state index is 6.17. The second kappa shape index (κ2) is 6.99. The molecule has 0 aromatic heterocycles. The zero-order valence-corrected chi connectivity index (χ0v) is 12.6. The van der Waals surface area contributed by atoms with Gasteiger partial charge in [-0.15, -0.1) is 0 Å². The third-order valence-electron chi connectivity index (χ3n) is 3.25. The van der Waals surface area contributed by atoms with E-state index in [1.54, 1.807) is 14.2 Å². The summed E-state index contributed by atoms with van der Waals surface area (Å²) in [6.07, 6.45) is 0. The first kappa shape index (κ1) is 15.2. The van der Waals surface area contributed by atoms with Crippen molar-refractivity contribution in [2.45, 2.75) is 13.0 Å². The molecule has 0 aliphatic heterocycles. The normalized spacial score (nSPS) is 11.8. The average molecular weight is 287 g/mol. The summed E-state index contributed by atoms with van der Waals surface area (Å²) in [5.41, 5.74) is 8.28. The van der Waals surface area contributed by atoms with Crippen LogP contribution in [0.25, 0.3) is 0 Å². The van der Waals surface area contributed by atoms with E-state index in [0.29, 0.717) is 18.1 Å². The summed E-state index contributed by atoms with van der Waals surface area (Å²) in [5.74, 6) is 2.18. The van der Waals surface area contributed by atoms with Gasteiger partial charge in [0.05, 0.1) is 20.3 Å². The van der Waals surface area contributed by atoms with E-state index >= 15 is 0 Å². The molecule has 0 aliphatic rings. The molecule has 0 saturated carbocycles. The smallest absolute Gasteiger partial charge is 0.161 e. The molecule has 1 atom stereocenters. The van der Waals surface area contributed by atoms with Crippen LogP contribution >= 0.6 is 0 Å². The Morgan fingerprint density at radius 2 is 1.76 bits per heavy atom. The second-order valence-electron chi connectivity index (χ2n) is 4.85. The highest BCUT2D eigenvalue weighted by atomic mass is 16.5. The molecule has 112 valence electrons. The average Bonchev–Trinajstić information content (AvgIpc) is 2.52. The maximum Gasteiger partial charge on any atom is 0.161 e. The lowest BCUT2D eigenvalue weighted by Gasteiger charge is -2.16. The van der Waals surface area contributed by atoms with Gasteiger partial charge in [-0.25, -0.2) is 0 Å². The van der Waals surface area contributed by atoms with Crippen LogP contribution in [0.3, 0.4) is 0 Å². The Kier molecular flexibility index (Phi) is 5.06. The summed E-state index contributed by atoms with van der Waals surface area (Å²) in [5, 5.41) is 0. The predicted octanol–water partition coefficient (Wildman–Crippen LogP) is 3.09. The van der Waals surface area contributed by atoms with Gasteiger partial charge in [0, 0.05) is 0 Å². The minimum Gasteiger partial charge on any atom is -0.493 e. The monoisotopic (exact) mass is 287 g/mol. The third kappa shape index (κ3) is 3.89. The zero-order chi connectivity index (χ0) is 15.2. The number of aryl methyl sites for hydroxylation is 1. The lowest BCUT2D eigenvalue weighted by atomic mass is 10.1. The van der Waals surface area contributed by atoms with E-state index in [1.807, 2.05) is 49.4 Å². The summed E-state index contributed by atoms with van der Waals surface area (Å²) in [6, 6.07) is 13.3. The van der Waals surface area contributed by atoms with Crippen molar-refractivity contribution in [3.8, 4) is 17.2 Å². The first-order valence-electron chi connectivity index (χ1n) is 6.81. The minimum atomic E-state index is -0.231. The number of hydrogen-bond acceptors (Lipinski definition) is 4. The molecule has 0 spiro atoms.